The molecule has 2 aromatic rings. The third kappa shape index (κ3) is 4.48. The minimum Gasteiger partial charge on any atom is -0.497 e. The molecule has 1 aliphatic heterocycles. The summed E-state index contributed by atoms with van der Waals surface area (Å²) in [5.41, 5.74) is 6.43. The van der Waals surface area contributed by atoms with Crippen LogP contribution in [0.15, 0.2) is 53.9 Å². The van der Waals surface area contributed by atoms with E-state index in [9.17, 15) is 4.79 Å². The molecule has 2 aromatic carbocycles. The van der Waals surface area contributed by atoms with Gasteiger partial charge >= 0.3 is 0 Å². The fourth-order valence-electron chi connectivity index (χ4n) is 5.50. The summed E-state index contributed by atoms with van der Waals surface area (Å²) < 4.78 is 11.8. The quantitative estimate of drug-likeness (QED) is 0.307. The Morgan fingerprint density at radius 1 is 0.879 bits per heavy atom. The predicted octanol–water partition coefficient (Wildman–Crippen LogP) is 7.98. The first kappa shape index (κ1) is 25.1. The number of carbonyl (C=O) groups excluding carboxylic acids is 1. The van der Waals surface area contributed by atoms with Crippen LogP contribution >= 0.6 is 0 Å². The van der Waals surface area contributed by atoms with Crippen LogP contribution in [0.4, 0.5) is 11.4 Å². The number of hydrogen-bond acceptors (Lipinski definition) is 3. The molecule has 0 fully saturated rings. The lowest BCUT2D eigenvalue weighted by Gasteiger charge is -2.42. The highest BCUT2D eigenvalue weighted by molar-refractivity contribution is 6.88. The third-order valence-electron chi connectivity index (χ3n) is 7.22. The molecule has 0 saturated carbocycles. The molecule has 0 atom stereocenters. The highest BCUT2D eigenvalue weighted by Crippen LogP contribution is 2.47. The van der Waals surface area contributed by atoms with Crippen LogP contribution in [0.3, 0.4) is 0 Å². The van der Waals surface area contributed by atoms with Crippen LogP contribution in [-0.4, -0.2) is 21.1 Å². The Morgan fingerprint density at radius 2 is 1.48 bits per heavy atom. The van der Waals surface area contributed by atoms with E-state index in [1.807, 2.05) is 41.3 Å². The van der Waals surface area contributed by atoms with Gasteiger partial charge in [0.1, 0.15) is 5.75 Å². The number of fused-ring (bicyclic) bond motifs is 1. The van der Waals surface area contributed by atoms with E-state index in [1.165, 1.54) is 0 Å². The number of hydrogen-bond donors (Lipinski definition) is 0. The molecule has 0 radical (unpaired) electrons. The molecule has 33 heavy (non-hydrogen) atoms. The number of para-hydroxylation sites is 1. The number of ether oxygens (including phenoxy) is 2. The first-order chi connectivity index (χ1) is 15.5. The third-order valence-corrected chi connectivity index (χ3v) is 14.0. The van der Waals surface area contributed by atoms with Gasteiger partial charge < -0.3 is 9.47 Å². The van der Waals surface area contributed by atoms with Crippen LogP contribution < -0.4 is 14.4 Å². The van der Waals surface area contributed by atoms with Crippen molar-refractivity contribution in [2.45, 2.75) is 77.9 Å². The molecule has 3 rings (SSSR count). The average molecular weight is 466 g/mol. The smallest absolute Gasteiger partial charge is 0.297 e. The number of anilines is 2. The maximum absolute atomic E-state index is 14.1. The fourth-order valence-corrected chi connectivity index (χ4v) is 11.1. The molecule has 0 spiro atoms. The van der Waals surface area contributed by atoms with Crippen LogP contribution in [0, 0.1) is 0 Å². The van der Waals surface area contributed by atoms with Crippen LogP contribution in [0.5, 0.6) is 11.5 Å². The monoisotopic (exact) mass is 465 g/mol. The van der Waals surface area contributed by atoms with Gasteiger partial charge in [0, 0.05) is 6.07 Å². The van der Waals surface area contributed by atoms with E-state index in [0.29, 0.717) is 33.9 Å². The molecule has 0 bridgehead atoms. The van der Waals surface area contributed by atoms with Crippen LogP contribution in [0.1, 0.15) is 66.9 Å². The van der Waals surface area contributed by atoms with Crippen molar-refractivity contribution in [2.75, 3.05) is 12.0 Å². The van der Waals surface area contributed by atoms with Crippen molar-refractivity contribution >= 4 is 25.4 Å². The van der Waals surface area contributed by atoms with E-state index in [0.717, 1.165) is 16.9 Å². The SMILES string of the molecule is COc1ccc2c(c1)N(c1ccccc1C(C)C)C(=O)/C(=C/[Si](C(C)C)(C(C)C)C(C)C)O2. The van der Waals surface area contributed by atoms with Gasteiger partial charge in [-0.25, -0.2) is 0 Å². The van der Waals surface area contributed by atoms with Gasteiger partial charge in [-0.15, -0.1) is 0 Å². The van der Waals surface area contributed by atoms with Gasteiger partial charge in [0.05, 0.1) is 26.6 Å². The maximum atomic E-state index is 14.1. The highest BCUT2D eigenvalue weighted by atomic mass is 28.3. The second-order valence-corrected chi connectivity index (χ2v) is 16.0. The molecule has 0 unspecified atom stereocenters. The van der Waals surface area contributed by atoms with Gasteiger partial charge in [-0.1, -0.05) is 73.6 Å². The Kier molecular flexibility index (Phi) is 7.42. The average Bonchev–Trinajstić information content (AvgIpc) is 2.76. The molecule has 5 heteroatoms. The molecule has 0 aliphatic carbocycles. The van der Waals surface area contributed by atoms with Gasteiger partial charge in [0.2, 0.25) is 0 Å². The molecular weight excluding hydrogens is 426 g/mol. The Bertz CT molecular complexity index is 1020. The summed E-state index contributed by atoms with van der Waals surface area (Å²) in [5.74, 6) is 1.99. The lowest BCUT2D eigenvalue weighted by Crippen LogP contribution is -2.45. The van der Waals surface area contributed by atoms with Crippen molar-refractivity contribution < 1.29 is 14.3 Å². The van der Waals surface area contributed by atoms with Gasteiger partial charge in [-0.2, -0.15) is 0 Å². The molecule has 1 amide bonds. The van der Waals surface area contributed by atoms with E-state index in [-0.39, 0.29) is 11.8 Å². The Morgan fingerprint density at radius 3 is 2.03 bits per heavy atom. The molecule has 1 aliphatic rings. The second kappa shape index (κ2) is 9.76. The molecule has 0 N–H and O–H groups in total. The number of nitrogens with zero attached hydrogens (tertiary/aromatic N) is 1. The minimum atomic E-state index is -2.02. The van der Waals surface area contributed by atoms with Crippen molar-refractivity contribution in [3.05, 3.63) is 59.5 Å². The van der Waals surface area contributed by atoms with Gasteiger partial charge in [0.15, 0.2) is 11.5 Å². The first-order valence-electron chi connectivity index (χ1n) is 12.1. The zero-order valence-electron chi connectivity index (χ0n) is 21.6. The van der Waals surface area contributed by atoms with E-state index < -0.39 is 8.07 Å². The van der Waals surface area contributed by atoms with Gasteiger partial charge in [0.25, 0.3) is 5.91 Å². The Balaban J connectivity index is 2.29. The molecular formula is C28H39NO3Si. The first-order valence-corrected chi connectivity index (χ1v) is 14.4. The van der Waals surface area contributed by atoms with Crippen LogP contribution in [0.25, 0.3) is 0 Å². The summed E-state index contributed by atoms with van der Waals surface area (Å²) in [4.78, 5) is 15.9. The van der Waals surface area contributed by atoms with Crippen molar-refractivity contribution in [1.82, 2.24) is 0 Å². The van der Waals surface area contributed by atoms with Gasteiger partial charge in [-0.3, -0.25) is 9.69 Å². The molecule has 0 aromatic heterocycles. The summed E-state index contributed by atoms with van der Waals surface area (Å²) in [6.07, 6.45) is 0. The van der Waals surface area contributed by atoms with E-state index in [2.05, 4.69) is 67.2 Å². The molecule has 0 saturated heterocycles. The largest absolute Gasteiger partial charge is 0.497 e. The second-order valence-electron chi connectivity index (χ2n) is 10.3. The minimum absolute atomic E-state index is 0.109. The molecule has 4 nitrogen and oxygen atoms in total. The van der Waals surface area contributed by atoms with Crippen molar-refractivity contribution in [2.24, 2.45) is 0 Å². The molecule has 1 heterocycles. The summed E-state index contributed by atoms with van der Waals surface area (Å²) >= 11 is 0. The lowest BCUT2D eigenvalue weighted by molar-refractivity contribution is -0.116. The number of rotatable bonds is 7. The van der Waals surface area contributed by atoms with E-state index in [1.54, 1.807) is 7.11 Å². The van der Waals surface area contributed by atoms with Crippen molar-refractivity contribution in [3.8, 4) is 11.5 Å². The number of methoxy groups -OCH3 is 1. The topological polar surface area (TPSA) is 38.8 Å². The number of carbonyl (C=O) groups is 1. The van der Waals surface area contributed by atoms with Crippen LogP contribution in [-0.2, 0) is 4.79 Å². The van der Waals surface area contributed by atoms with Gasteiger partial charge in [-0.05, 0) is 52.0 Å². The van der Waals surface area contributed by atoms with E-state index in [4.69, 9.17) is 9.47 Å². The highest BCUT2D eigenvalue weighted by Gasteiger charge is 2.44. The summed E-state index contributed by atoms with van der Waals surface area (Å²) in [6.45, 7) is 18.1. The van der Waals surface area contributed by atoms with Crippen molar-refractivity contribution in [1.29, 1.82) is 0 Å². The number of amides is 1. The van der Waals surface area contributed by atoms with Crippen molar-refractivity contribution in [3.63, 3.8) is 0 Å². The van der Waals surface area contributed by atoms with Crippen LogP contribution in [0.2, 0.25) is 16.6 Å². The predicted molar refractivity (Wildman–Crippen MR) is 140 cm³/mol. The standard InChI is InChI=1S/C28H39NO3Si/c1-18(2)23-12-10-11-13-24(23)29-25-16-22(31-9)14-15-26(25)32-27(28(29)30)17-33(19(3)4,20(5)6)21(7)8/h10-21H,1-9H3/b27-17-. The number of benzene rings is 2. The maximum Gasteiger partial charge on any atom is 0.297 e. The lowest BCUT2D eigenvalue weighted by atomic mass is 9.99. The normalized spacial score (nSPS) is 15.6. The summed E-state index contributed by atoms with van der Waals surface area (Å²) in [5, 5.41) is 0. The molecule has 178 valence electrons. The fraction of sp³-hybridized carbons (Fsp3) is 0.464. The van der Waals surface area contributed by atoms with E-state index >= 15 is 0 Å². The zero-order valence-corrected chi connectivity index (χ0v) is 22.6. The Labute approximate surface area is 200 Å². The zero-order chi connectivity index (χ0) is 24.5. The summed E-state index contributed by atoms with van der Waals surface area (Å²) in [7, 11) is -0.383. The summed E-state index contributed by atoms with van der Waals surface area (Å²) in [6, 6.07) is 13.8. The Hall–Kier alpha value is -2.53.